The lowest BCUT2D eigenvalue weighted by atomic mass is 9.97. The van der Waals surface area contributed by atoms with Gasteiger partial charge in [-0.2, -0.15) is 5.10 Å². The molecule has 198 valence electrons. The molecule has 0 fully saturated rings. The van der Waals surface area contributed by atoms with Crippen molar-refractivity contribution >= 4 is 21.9 Å². The molecule has 0 atom stereocenters. The van der Waals surface area contributed by atoms with Gasteiger partial charge in [-0.15, -0.1) is 0 Å². The first kappa shape index (κ1) is 23.1. The third-order valence-electron chi connectivity index (χ3n) is 8.53. The van der Waals surface area contributed by atoms with Gasteiger partial charge in [0, 0.05) is 35.1 Å². The fourth-order valence-electron chi connectivity index (χ4n) is 6.43. The molecule has 0 radical (unpaired) electrons. The smallest absolute Gasteiger partial charge is 0.138 e. The van der Waals surface area contributed by atoms with E-state index in [9.17, 15) is 0 Å². The second-order valence-electron chi connectivity index (χ2n) is 11.0. The highest BCUT2D eigenvalue weighted by Crippen LogP contribution is 2.41. The maximum absolute atomic E-state index is 6.23. The Morgan fingerprint density at radius 3 is 2.00 bits per heavy atom. The Balaban J connectivity index is 1.13. The van der Waals surface area contributed by atoms with E-state index in [1.807, 2.05) is 23.1 Å². The maximum atomic E-state index is 6.23. The van der Waals surface area contributed by atoms with E-state index in [4.69, 9.17) is 4.42 Å². The average Bonchev–Trinajstić information content (AvgIpc) is 3.85. The highest BCUT2D eigenvalue weighted by atomic mass is 16.3. The van der Waals surface area contributed by atoms with E-state index in [2.05, 4.69) is 131 Å². The number of rotatable bonds is 4. The Hall–Kier alpha value is -5.61. The summed E-state index contributed by atoms with van der Waals surface area (Å²) in [6.45, 7) is 0. The maximum Gasteiger partial charge on any atom is 0.138 e. The molecule has 0 saturated carbocycles. The number of benzene rings is 5. The van der Waals surface area contributed by atoms with Crippen LogP contribution >= 0.6 is 0 Å². The first-order valence-electron chi connectivity index (χ1n) is 14.2. The second kappa shape index (κ2) is 8.95. The van der Waals surface area contributed by atoms with Gasteiger partial charge in [-0.05, 0) is 112 Å². The van der Waals surface area contributed by atoms with Crippen LogP contribution in [0.15, 0.2) is 144 Å². The molecule has 4 nitrogen and oxygen atoms in total. The molecule has 0 amide bonds. The number of aromatic nitrogens is 3. The molecule has 0 N–H and O–H groups in total. The topological polar surface area (TPSA) is 35.9 Å². The molecule has 0 spiro atoms. The summed E-state index contributed by atoms with van der Waals surface area (Å²) >= 11 is 0. The van der Waals surface area contributed by atoms with Gasteiger partial charge in [-0.25, -0.2) is 4.68 Å². The van der Waals surface area contributed by atoms with Gasteiger partial charge in [0.2, 0.25) is 0 Å². The van der Waals surface area contributed by atoms with Crippen LogP contribution in [0.2, 0.25) is 0 Å². The summed E-state index contributed by atoms with van der Waals surface area (Å²) in [5, 5.41) is 6.73. The van der Waals surface area contributed by atoms with Crippen LogP contribution in [0.3, 0.4) is 0 Å². The molecule has 0 saturated heterocycles. The van der Waals surface area contributed by atoms with Crippen LogP contribution in [0.5, 0.6) is 0 Å². The Labute approximate surface area is 242 Å². The molecule has 8 aromatic rings. The normalized spacial score (nSPS) is 12.2. The van der Waals surface area contributed by atoms with E-state index in [-0.39, 0.29) is 0 Å². The monoisotopic (exact) mass is 539 g/mol. The van der Waals surface area contributed by atoms with Crippen LogP contribution in [-0.2, 0) is 6.42 Å². The zero-order valence-electron chi connectivity index (χ0n) is 22.7. The summed E-state index contributed by atoms with van der Waals surface area (Å²) in [5.74, 6) is 1.02. The molecule has 0 unspecified atom stereocenters. The lowest BCUT2D eigenvalue weighted by Gasteiger charge is -2.12. The van der Waals surface area contributed by atoms with Crippen molar-refractivity contribution in [3.8, 4) is 44.9 Å². The molecule has 0 bridgehead atoms. The fraction of sp³-hybridized carbons (Fsp3) is 0.0263. The van der Waals surface area contributed by atoms with E-state index in [0.717, 1.165) is 39.9 Å². The van der Waals surface area contributed by atoms with E-state index < -0.39 is 0 Å². The van der Waals surface area contributed by atoms with Gasteiger partial charge in [0.1, 0.15) is 17.0 Å². The fourth-order valence-corrected chi connectivity index (χ4v) is 6.43. The first-order valence-corrected chi connectivity index (χ1v) is 14.2. The van der Waals surface area contributed by atoms with Crippen molar-refractivity contribution in [3.63, 3.8) is 0 Å². The summed E-state index contributed by atoms with van der Waals surface area (Å²) in [6.07, 6.45) is 6.84. The number of fused-ring (bicyclic) bond motifs is 6. The molecule has 0 aliphatic heterocycles. The van der Waals surface area contributed by atoms with Crippen molar-refractivity contribution in [2.24, 2.45) is 0 Å². The number of hydrogen-bond donors (Lipinski definition) is 0. The summed E-state index contributed by atoms with van der Waals surface area (Å²) in [7, 11) is 0. The van der Waals surface area contributed by atoms with Crippen LogP contribution < -0.4 is 0 Å². The van der Waals surface area contributed by atoms with E-state index in [1.165, 1.54) is 44.5 Å². The summed E-state index contributed by atoms with van der Waals surface area (Å²) in [4.78, 5) is 0. The van der Waals surface area contributed by atoms with E-state index >= 15 is 0 Å². The standard InChI is InChI=1S/C38H25N3O/c1-2-6-25(7-3-1)26-12-15-36-34(22-26)35-23-28(13-16-37(35)42-36)27-9-10-29-20-30-11-14-31(24-33(30)32(29)21-27)40-18-4-8-38(40)41-19-5-17-39-41/h1-19,21-24H,20H2. The first-order chi connectivity index (χ1) is 20.8. The molecule has 3 aromatic heterocycles. The zero-order valence-corrected chi connectivity index (χ0v) is 22.7. The molecule has 9 rings (SSSR count). The predicted molar refractivity (Wildman–Crippen MR) is 169 cm³/mol. The Morgan fingerprint density at radius 1 is 0.548 bits per heavy atom. The molecule has 42 heavy (non-hydrogen) atoms. The van der Waals surface area contributed by atoms with Crippen molar-refractivity contribution in [3.05, 3.63) is 151 Å². The quantitative estimate of drug-likeness (QED) is 0.223. The summed E-state index contributed by atoms with van der Waals surface area (Å²) < 4.78 is 10.3. The van der Waals surface area contributed by atoms with Crippen LogP contribution in [0, 0.1) is 0 Å². The number of furan rings is 1. The third-order valence-corrected chi connectivity index (χ3v) is 8.53. The Bertz CT molecular complexity index is 2270. The van der Waals surface area contributed by atoms with Crippen LogP contribution in [-0.4, -0.2) is 14.3 Å². The Kier molecular flexibility index (Phi) is 4.93. The van der Waals surface area contributed by atoms with Gasteiger partial charge in [-0.1, -0.05) is 60.7 Å². The van der Waals surface area contributed by atoms with Crippen LogP contribution in [0.25, 0.3) is 66.8 Å². The van der Waals surface area contributed by atoms with E-state index in [0.29, 0.717) is 0 Å². The highest BCUT2D eigenvalue weighted by molar-refractivity contribution is 6.07. The van der Waals surface area contributed by atoms with Crippen molar-refractivity contribution < 1.29 is 4.42 Å². The van der Waals surface area contributed by atoms with Gasteiger partial charge in [0.05, 0.1) is 0 Å². The van der Waals surface area contributed by atoms with Gasteiger partial charge >= 0.3 is 0 Å². The lowest BCUT2D eigenvalue weighted by molar-refractivity contribution is 0.669. The molecular formula is C38H25N3O. The van der Waals surface area contributed by atoms with Gasteiger partial charge in [0.15, 0.2) is 0 Å². The third kappa shape index (κ3) is 3.59. The van der Waals surface area contributed by atoms with Crippen LogP contribution in [0.4, 0.5) is 0 Å². The summed E-state index contributed by atoms with van der Waals surface area (Å²) in [6, 6.07) is 43.3. The highest BCUT2D eigenvalue weighted by Gasteiger charge is 2.21. The van der Waals surface area contributed by atoms with Gasteiger partial charge in [-0.3, -0.25) is 0 Å². The molecule has 4 heteroatoms. The van der Waals surface area contributed by atoms with Gasteiger partial charge in [0.25, 0.3) is 0 Å². The average molecular weight is 540 g/mol. The second-order valence-corrected chi connectivity index (χ2v) is 11.0. The molecule has 1 aliphatic carbocycles. The summed E-state index contributed by atoms with van der Waals surface area (Å²) in [5.41, 5.74) is 13.1. The minimum Gasteiger partial charge on any atom is -0.456 e. The minimum atomic E-state index is 0.912. The molecule has 5 aromatic carbocycles. The van der Waals surface area contributed by atoms with Crippen molar-refractivity contribution in [1.29, 1.82) is 0 Å². The zero-order chi connectivity index (χ0) is 27.6. The predicted octanol–water partition coefficient (Wildman–Crippen LogP) is 9.47. The largest absolute Gasteiger partial charge is 0.456 e. The minimum absolute atomic E-state index is 0.912. The van der Waals surface area contributed by atoms with Crippen LogP contribution in [0.1, 0.15) is 11.1 Å². The molecule has 3 heterocycles. The number of nitrogens with zero attached hydrogens (tertiary/aromatic N) is 3. The lowest BCUT2D eigenvalue weighted by Crippen LogP contribution is -2.03. The van der Waals surface area contributed by atoms with Crippen molar-refractivity contribution in [2.45, 2.75) is 6.42 Å². The van der Waals surface area contributed by atoms with Crippen molar-refractivity contribution in [2.75, 3.05) is 0 Å². The van der Waals surface area contributed by atoms with E-state index in [1.54, 1.807) is 0 Å². The van der Waals surface area contributed by atoms with Crippen molar-refractivity contribution in [1.82, 2.24) is 14.3 Å². The Morgan fingerprint density at radius 2 is 1.24 bits per heavy atom. The number of hydrogen-bond acceptors (Lipinski definition) is 2. The molecular weight excluding hydrogens is 514 g/mol. The molecule has 1 aliphatic rings. The van der Waals surface area contributed by atoms with Gasteiger partial charge < -0.3 is 8.98 Å². The SMILES string of the molecule is c1ccc(-c2ccc3oc4ccc(-c5ccc6c(c5)-c5cc(-n7cccc7-n7cccn7)ccc5C6)cc4c3c2)cc1.